The van der Waals surface area contributed by atoms with Gasteiger partial charge in [-0.3, -0.25) is 0 Å². The van der Waals surface area contributed by atoms with Gasteiger partial charge in [0.15, 0.2) is 0 Å². The number of hydrogen-bond donors (Lipinski definition) is 0. The maximum absolute atomic E-state index is 5.55. The predicted molar refractivity (Wildman–Crippen MR) is 119 cm³/mol. The Morgan fingerprint density at radius 2 is 1.11 bits per heavy atom. The van der Waals surface area contributed by atoms with E-state index in [9.17, 15) is 0 Å². The number of morpholine rings is 2. The third-order valence-electron chi connectivity index (χ3n) is 6.67. The first-order valence-electron chi connectivity index (χ1n) is 10.5. The minimum Gasteiger partial charge on any atom is -0.378 e. The van der Waals surface area contributed by atoms with Crippen molar-refractivity contribution >= 4 is 29.8 Å². The number of fused-ring (bicyclic) bond motifs is 2. The monoisotopic (exact) mass is 394 g/mol. The molecule has 0 saturated carbocycles. The summed E-state index contributed by atoms with van der Waals surface area (Å²) in [5, 5.41) is 3.23. The number of anilines is 2. The van der Waals surface area contributed by atoms with Gasteiger partial charge in [-0.2, -0.15) is 0 Å². The van der Waals surface area contributed by atoms with Gasteiger partial charge in [-0.05, 0) is 52.2 Å². The quantitative estimate of drug-likeness (QED) is 0.729. The lowest BCUT2D eigenvalue weighted by Crippen LogP contribution is -2.58. The number of ether oxygens (including phenoxy) is 2. The summed E-state index contributed by atoms with van der Waals surface area (Å²) in [5.74, 6) is 0. The van der Waals surface area contributed by atoms with Crippen molar-refractivity contribution in [3.05, 3.63) is 47.5 Å². The van der Waals surface area contributed by atoms with Gasteiger partial charge in [0, 0.05) is 37.6 Å². The SMILES string of the molecule is C[Si]1(C)c2cc(N3CCOCC3)ccc2Cc2ccc(N3CCOCC3)cc21. The maximum atomic E-state index is 5.55. The van der Waals surface area contributed by atoms with Crippen LogP contribution in [0.2, 0.25) is 13.1 Å². The molecular formula is C23H30N2O2Si. The third kappa shape index (κ3) is 3.15. The average molecular weight is 395 g/mol. The molecule has 3 aliphatic rings. The molecule has 0 bridgehead atoms. The topological polar surface area (TPSA) is 24.9 Å². The molecule has 2 saturated heterocycles. The van der Waals surface area contributed by atoms with Crippen molar-refractivity contribution in [1.82, 2.24) is 0 Å². The Bertz CT molecular complexity index is 801. The summed E-state index contributed by atoms with van der Waals surface area (Å²) in [7, 11) is -1.74. The van der Waals surface area contributed by atoms with E-state index < -0.39 is 8.07 Å². The average Bonchev–Trinajstić information content (AvgIpc) is 2.75. The van der Waals surface area contributed by atoms with Gasteiger partial charge in [0.1, 0.15) is 8.07 Å². The summed E-state index contributed by atoms with van der Waals surface area (Å²) < 4.78 is 11.1. The molecule has 3 aliphatic heterocycles. The lowest BCUT2D eigenvalue weighted by atomic mass is 10.0. The lowest BCUT2D eigenvalue weighted by Gasteiger charge is -2.37. The van der Waals surface area contributed by atoms with Crippen molar-refractivity contribution in [1.29, 1.82) is 0 Å². The van der Waals surface area contributed by atoms with E-state index in [1.54, 1.807) is 10.4 Å². The fraction of sp³-hybridized carbons (Fsp3) is 0.478. The third-order valence-corrected chi connectivity index (χ3v) is 10.3. The molecule has 0 N–H and O–H groups in total. The van der Waals surface area contributed by atoms with Crippen LogP contribution in [0.3, 0.4) is 0 Å². The molecule has 0 atom stereocenters. The molecule has 0 unspecified atom stereocenters. The smallest absolute Gasteiger partial charge is 0.113 e. The van der Waals surface area contributed by atoms with E-state index in [1.807, 2.05) is 0 Å². The van der Waals surface area contributed by atoms with Crippen LogP contribution in [0.4, 0.5) is 11.4 Å². The summed E-state index contributed by atoms with van der Waals surface area (Å²) in [4.78, 5) is 4.96. The number of hydrogen-bond acceptors (Lipinski definition) is 4. The second-order valence-corrected chi connectivity index (χ2v) is 13.0. The van der Waals surface area contributed by atoms with Crippen LogP contribution >= 0.6 is 0 Å². The Balaban J connectivity index is 1.51. The Kier molecular flexibility index (Phi) is 4.69. The Hall–Kier alpha value is -1.82. The lowest BCUT2D eigenvalue weighted by molar-refractivity contribution is 0.122. The van der Waals surface area contributed by atoms with Crippen LogP contribution in [0.5, 0.6) is 0 Å². The van der Waals surface area contributed by atoms with Gasteiger partial charge in [-0.15, -0.1) is 0 Å². The first-order chi connectivity index (χ1) is 13.6. The maximum Gasteiger partial charge on any atom is 0.113 e. The largest absolute Gasteiger partial charge is 0.378 e. The number of benzene rings is 2. The van der Waals surface area contributed by atoms with Crippen LogP contribution in [0.15, 0.2) is 36.4 Å². The minimum absolute atomic E-state index is 0.837. The summed E-state index contributed by atoms with van der Waals surface area (Å²) in [6.07, 6.45) is 1.06. The molecule has 5 rings (SSSR count). The Morgan fingerprint density at radius 3 is 1.54 bits per heavy atom. The Morgan fingerprint density at radius 1 is 0.679 bits per heavy atom. The summed E-state index contributed by atoms with van der Waals surface area (Å²) in [5.41, 5.74) is 5.80. The van der Waals surface area contributed by atoms with Crippen molar-refractivity contribution in [3.63, 3.8) is 0 Å². The van der Waals surface area contributed by atoms with Crippen LogP contribution in [-0.2, 0) is 15.9 Å². The zero-order chi connectivity index (χ0) is 19.1. The summed E-state index contributed by atoms with van der Waals surface area (Å²) >= 11 is 0. The molecule has 2 aromatic rings. The van der Waals surface area contributed by atoms with Gasteiger partial charge in [0.05, 0.1) is 26.4 Å². The predicted octanol–water partition coefficient (Wildman–Crippen LogP) is 2.09. The van der Waals surface area contributed by atoms with Crippen molar-refractivity contribution in [2.24, 2.45) is 0 Å². The Labute approximate surface area is 169 Å². The summed E-state index contributed by atoms with van der Waals surface area (Å²) in [6, 6.07) is 14.4. The van der Waals surface area contributed by atoms with Crippen LogP contribution in [0.1, 0.15) is 11.1 Å². The van der Waals surface area contributed by atoms with E-state index in [4.69, 9.17) is 9.47 Å². The highest BCUT2D eigenvalue weighted by molar-refractivity contribution is 7.01. The fourth-order valence-electron chi connectivity index (χ4n) is 4.99. The van der Waals surface area contributed by atoms with Gasteiger partial charge >= 0.3 is 0 Å². The zero-order valence-corrected chi connectivity index (χ0v) is 18.0. The molecule has 0 radical (unpaired) electrons. The van der Waals surface area contributed by atoms with E-state index in [1.165, 1.54) is 22.5 Å². The first-order valence-corrected chi connectivity index (χ1v) is 13.5. The first kappa shape index (κ1) is 18.2. The van der Waals surface area contributed by atoms with E-state index >= 15 is 0 Å². The molecule has 5 heteroatoms. The second-order valence-electron chi connectivity index (χ2n) is 8.68. The minimum atomic E-state index is -1.74. The van der Waals surface area contributed by atoms with Gasteiger partial charge < -0.3 is 19.3 Å². The van der Waals surface area contributed by atoms with Crippen LogP contribution in [0.25, 0.3) is 0 Å². The molecule has 4 nitrogen and oxygen atoms in total. The van der Waals surface area contributed by atoms with Gasteiger partial charge in [0.2, 0.25) is 0 Å². The molecule has 0 aliphatic carbocycles. The van der Waals surface area contributed by atoms with Crippen LogP contribution < -0.4 is 20.2 Å². The fourth-order valence-corrected chi connectivity index (χ4v) is 8.24. The van der Waals surface area contributed by atoms with Gasteiger partial charge in [0.25, 0.3) is 0 Å². The van der Waals surface area contributed by atoms with E-state index in [2.05, 4.69) is 59.3 Å². The standard InChI is InChI=1S/C23H30N2O2Si/c1-28(2)22-16-20(24-7-11-26-12-8-24)5-3-18(22)15-19-4-6-21(17-23(19)28)25-9-13-27-14-10-25/h3-6,16-17H,7-15H2,1-2H3. The van der Waals surface area contributed by atoms with Gasteiger partial charge in [-0.25, -0.2) is 0 Å². The molecular weight excluding hydrogens is 364 g/mol. The number of nitrogens with zero attached hydrogens (tertiary/aromatic N) is 2. The van der Waals surface area contributed by atoms with Crippen molar-refractivity contribution in [2.45, 2.75) is 19.5 Å². The van der Waals surface area contributed by atoms with E-state index in [0.717, 1.165) is 59.0 Å². The van der Waals surface area contributed by atoms with E-state index in [-0.39, 0.29) is 0 Å². The van der Waals surface area contributed by atoms with Crippen LogP contribution in [0, 0.1) is 0 Å². The summed E-state index contributed by atoms with van der Waals surface area (Å²) in [6.45, 7) is 12.4. The molecule has 3 heterocycles. The normalized spacial score (nSPS) is 21.2. The molecule has 148 valence electrons. The van der Waals surface area contributed by atoms with Gasteiger partial charge in [-0.1, -0.05) is 25.2 Å². The second kappa shape index (κ2) is 7.21. The van der Waals surface area contributed by atoms with Crippen LogP contribution in [-0.4, -0.2) is 60.7 Å². The number of rotatable bonds is 2. The zero-order valence-electron chi connectivity index (χ0n) is 17.0. The van der Waals surface area contributed by atoms with Crippen molar-refractivity contribution in [2.75, 3.05) is 62.4 Å². The van der Waals surface area contributed by atoms with Crippen molar-refractivity contribution in [3.8, 4) is 0 Å². The molecule has 0 aromatic heterocycles. The molecule has 28 heavy (non-hydrogen) atoms. The van der Waals surface area contributed by atoms with Crippen molar-refractivity contribution < 1.29 is 9.47 Å². The highest BCUT2D eigenvalue weighted by Gasteiger charge is 2.35. The highest BCUT2D eigenvalue weighted by atomic mass is 28.3. The molecule has 2 fully saturated rings. The molecule has 2 aromatic carbocycles. The molecule has 0 spiro atoms. The molecule has 0 amide bonds. The van der Waals surface area contributed by atoms with E-state index in [0.29, 0.717) is 0 Å². The highest BCUT2D eigenvalue weighted by Crippen LogP contribution is 2.27.